The summed E-state index contributed by atoms with van der Waals surface area (Å²) < 4.78 is 11.3. The number of benzene rings is 1. The van der Waals surface area contributed by atoms with E-state index in [4.69, 9.17) is 9.47 Å². The molecule has 0 radical (unpaired) electrons. The lowest BCUT2D eigenvalue weighted by Crippen LogP contribution is -2.07. The van der Waals surface area contributed by atoms with Crippen molar-refractivity contribution in [2.24, 2.45) is 5.92 Å². The van der Waals surface area contributed by atoms with Gasteiger partial charge in [-0.3, -0.25) is 4.79 Å². The van der Waals surface area contributed by atoms with Crippen LogP contribution < -0.4 is 4.74 Å². The maximum absolute atomic E-state index is 11.5. The molecule has 0 saturated heterocycles. The van der Waals surface area contributed by atoms with Crippen molar-refractivity contribution in [3.8, 4) is 5.75 Å². The summed E-state index contributed by atoms with van der Waals surface area (Å²) in [6, 6.07) is 6.08. The van der Waals surface area contributed by atoms with Gasteiger partial charge in [-0.25, -0.2) is 0 Å². The molecule has 3 nitrogen and oxygen atoms in total. The maximum atomic E-state index is 11.5. The molecule has 0 heterocycles. The first-order valence-electron chi connectivity index (χ1n) is 5.67. The lowest BCUT2D eigenvalue weighted by molar-refractivity contribution is -0.144. The van der Waals surface area contributed by atoms with Gasteiger partial charge in [0, 0.05) is 0 Å². The Kier molecular flexibility index (Phi) is 3.91. The number of halogens is 1. The van der Waals surface area contributed by atoms with Crippen LogP contribution in [0.2, 0.25) is 0 Å². The highest BCUT2D eigenvalue weighted by atomic mass is 127. The topological polar surface area (TPSA) is 35.5 Å². The Hall–Kier alpha value is -0.780. The van der Waals surface area contributed by atoms with E-state index >= 15 is 0 Å². The molecule has 0 N–H and O–H groups in total. The lowest BCUT2D eigenvalue weighted by atomic mass is 10.1. The zero-order valence-electron chi connectivity index (χ0n) is 9.90. The molecule has 1 fully saturated rings. The number of methoxy groups -OCH3 is 1. The van der Waals surface area contributed by atoms with Crippen LogP contribution in [0, 0.1) is 9.49 Å². The number of esters is 1. The first-order chi connectivity index (χ1) is 8.17. The Bertz CT molecular complexity index is 431. The lowest BCUT2D eigenvalue weighted by Gasteiger charge is -2.06. The highest BCUT2D eigenvalue weighted by molar-refractivity contribution is 14.1. The van der Waals surface area contributed by atoms with Gasteiger partial charge in [0.1, 0.15) is 5.75 Å². The Labute approximate surface area is 115 Å². The maximum Gasteiger partial charge on any atom is 0.309 e. The fraction of sp³-hybridized carbons (Fsp3) is 0.462. The number of hydrogen-bond donors (Lipinski definition) is 0. The molecule has 1 saturated carbocycles. The van der Waals surface area contributed by atoms with Crippen LogP contribution in [0.1, 0.15) is 24.8 Å². The van der Waals surface area contributed by atoms with E-state index in [2.05, 4.69) is 28.7 Å². The second kappa shape index (κ2) is 5.25. The van der Waals surface area contributed by atoms with Crippen LogP contribution in [0.4, 0.5) is 0 Å². The van der Waals surface area contributed by atoms with E-state index in [9.17, 15) is 4.79 Å². The van der Waals surface area contributed by atoms with Gasteiger partial charge in [0.15, 0.2) is 0 Å². The minimum atomic E-state index is -0.0664. The summed E-state index contributed by atoms with van der Waals surface area (Å²) in [6.45, 7) is 2.30. The van der Waals surface area contributed by atoms with Crippen molar-refractivity contribution in [2.75, 3.05) is 13.7 Å². The quantitative estimate of drug-likeness (QED) is 0.621. The minimum absolute atomic E-state index is 0.0548. The van der Waals surface area contributed by atoms with E-state index in [1.165, 1.54) is 5.56 Å². The van der Waals surface area contributed by atoms with Gasteiger partial charge in [0.25, 0.3) is 0 Å². The Balaban J connectivity index is 2.06. The monoisotopic (exact) mass is 346 g/mol. The van der Waals surface area contributed by atoms with Crippen LogP contribution in [0.25, 0.3) is 0 Å². The average Bonchev–Trinajstić information content (AvgIpc) is 3.09. The highest BCUT2D eigenvalue weighted by Crippen LogP contribution is 2.48. The van der Waals surface area contributed by atoms with Gasteiger partial charge in [0.05, 0.1) is 23.2 Å². The molecular formula is C13H15IO3. The molecule has 1 aliphatic carbocycles. The molecule has 0 spiro atoms. The highest BCUT2D eigenvalue weighted by Gasteiger charge is 2.45. The van der Waals surface area contributed by atoms with E-state index in [1.54, 1.807) is 7.11 Å². The van der Waals surface area contributed by atoms with Crippen molar-refractivity contribution in [2.45, 2.75) is 19.3 Å². The van der Waals surface area contributed by atoms with E-state index in [1.807, 2.05) is 19.1 Å². The van der Waals surface area contributed by atoms with E-state index < -0.39 is 0 Å². The smallest absolute Gasteiger partial charge is 0.309 e. The molecule has 0 amide bonds. The summed E-state index contributed by atoms with van der Waals surface area (Å²) in [6.07, 6.45) is 0.904. The zero-order chi connectivity index (χ0) is 12.4. The van der Waals surface area contributed by atoms with Crippen LogP contribution in [-0.2, 0) is 9.53 Å². The van der Waals surface area contributed by atoms with Crippen LogP contribution in [0.15, 0.2) is 18.2 Å². The number of hydrogen-bond acceptors (Lipinski definition) is 3. The van der Waals surface area contributed by atoms with Crippen molar-refractivity contribution < 1.29 is 14.3 Å². The predicted molar refractivity (Wildman–Crippen MR) is 73.2 cm³/mol. The Morgan fingerprint density at radius 2 is 2.29 bits per heavy atom. The summed E-state index contributed by atoms with van der Waals surface area (Å²) in [5, 5.41) is 0. The van der Waals surface area contributed by atoms with Crippen LogP contribution >= 0.6 is 22.6 Å². The number of carbonyl (C=O) groups is 1. The van der Waals surface area contributed by atoms with Gasteiger partial charge >= 0.3 is 5.97 Å². The van der Waals surface area contributed by atoms with Gasteiger partial charge in [0.2, 0.25) is 0 Å². The van der Waals surface area contributed by atoms with Crippen molar-refractivity contribution in [1.82, 2.24) is 0 Å². The van der Waals surface area contributed by atoms with E-state index in [0.717, 1.165) is 15.7 Å². The van der Waals surface area contributed by atoms with E-state index in [0.29, 0.717) is 12.5 Å². The summed E-state index contributed by atoms with van der Waals surface area (Å²) in [4.78, 5) is 11.5. The molecule has 0 unspecified atom stereocenters. The molecule has 1 aromatic rings. The van der Waals surface area contributed by atoms with Crippen molar-refractivity contribution in [3.63, 3.8) is 0 Å². The average molecular weight is 346 g/mol. The van der Waals surface area contributed by atoms with Crippen LogP contribution in [0.3, 0.4) is 0 Å². The molecule has 2 rings (SSSR count). The second-order valence-corrected chi connectivity index (χ2v) is 5.26. The van der Waals surface area contributed by atoms with Gasteiger partial charge < -0.3 is 9.47 Å². The Morgan fingerprint density at radius 3 is 2.88 bits per heavy atom. The van der Waals surface area contributed by atoms with Crippen molar-refractivity contribution >= 4 is 28.6 Å². The molecule has 0 aliphatic heterocycles. The van der Waals surface area contributed by atoms with Crippen molar-refractivity contribution in [1.29, 1.82) is 0 Å². The fourth-order valence-electron chi connectivity index (χ4n) is 1.99. The number of rotatable bonds is 4. The predicted octanol–water partition coefficient (Wildman–Crippen LogP) is 2.97. The van der Waals surface area contributed by atoms with Gasteiger partial charge in [-0.2, -0.15) is 0 Å². The van der Waals surface area contributed by atoms with Gasteiger partial charge in [-0.1, -0.05) is 6.07 Å². The first-order valence-corrected chi connectivity index (χ1v) is 6.75. The molecule has 2 atom stereocenters. The first kappa shape index (κ1) is 12.7. The Morgan fingerprint density at radius 1 is 1.53 bits per heavy atom. The molecular weight excluding hydrogens is 331 g/mol. The third kappa shape index (κ3) is 2.73. The molecule has 0 bridgehead atoms. The minimum Gasteiger partial charge on any atom is -0.496 e. The summed E-state index contributed by atoms with van der Waals surface area (Å²) in [5.74, 6) is 1.19. The van der Waals surface area contributed by atoms with Crippen LogP contribution in [0.5, 0.6) is 5.75 Å². The van der Waals surface area contributed by atoms with Gasteiger partial charge in [-0.05, 0) is 59.5 Å². The second-order valence-electron chi connectivity index (χ2n) is 4.09. The number of carbonyl (C=O) groups excluding carboxylic acids is 1. The normalized spacial score (nSPS) is 22.1. The SMILES string of the molecule is CCOC(=O)[C@H]1C[C@@H]1c1ccc(OC)c(I)c1. The summed E-state index contributed by atoms with van der Waals surface area (Å²) in [7, 11) is 1.66. The zero-order valence-corrected chi connectivity index (χ0v) is 12.1. The standard InChI is InChI=1S/C13H15IO3/c1-3-17-13(15)10-7-9(10)8-4-5-12(16-2)11(14)6-8/h4-6,9-10H,3,7H2,1-2H3/t9-,10+/m1/s1. The molecule has 92 valence electrons. The molecule has 1 aliphatic rings. The summed E-state index contributed by atoms with van der Waals surface area (Å²) in [5.41, 5.74) is 1.20. The molecule has 17 heavy (non-hydrogen) atoms. The fourth-order valence-corrected chi connectivity index (χ4v) is 2.75. The van der Waals surface area contributed by atoms with E-state index in [-0.39, 0.29) is 11.9 Å². The van der Waals surface area contributed by atoms with Crippen LogP contribution in [-0.4, -0.2) is 19.7 Å². The van der Waals surface area contributed by atoms with Gasteiger partial charge in [-0.15, -0.1) is 0 Å². The summed E-state index contributed by atoms with van der Waals surface area (Å²) >= 11 is 2.25. The molecule has 0 aromatic heterocycles. The third-order valence-electron chi connectivity index (χ3n) is 2.98. The molecule has 1 aromatic carbocycles. The third-order valence-corrected chi connectivity index (χ3v) is 3.83. The number of ether oxygens (including phenoxy) is 2. The largest absolute Gasteiger partial charge is 0.496 e. The molecule has 4 heteroatoms. The van der Waals surface area contributed by atoms with Crippen molar-refractivity contribution in [3.05, 3.63) is 27.3 Å².